The van der Waals surface area contributed by atoms with Crippen molar-refractivity contribution in [1.82, 2.24) is 15.0 Å². The fourth-order valence-electron chi connectivity index (χ4n) is 2.62. The third-order valence-corrected chi connectivity index (χ3v) is 4.01. The minimum Gasteiger partial charge on any atom is -0.473 e. The molecule has 0 radical (unpaired) electrons. The van der Waals surface area contributed by atoms with Crippen molar-refractivity contribution in [2.75, 3.05) is 0 Å². The maximum absolute atomic E-state index is 13.1. The number of ether oxygens (including phenoxy) is 1. The molecule has 4 rings (SSSR count). The predicted octanol–water partition coefficient (Wildman–Crippen LogP) is 4.92. The van der Waals surface area contributed by atoms with E-state index in [1.807, 2.05) is 48.5 Å². The molecule has 0 saturated heterocycles. The van der Waals surface area contributed by atoms with E-state index in [9.17, 15) is 4.39 Å². The van der Waals surface area contributed by atoms with Crippen molar-refractivity contribution >= 4 is 0 Å². The summed E-state index contributed by atoms with van der Waals surface area (Å²) < 4.78 is 18.9. The number of aromatic nitrogens is 3. The minimum absolute atomic E-state index is 0.271. The third-order valence-electron chi connectivity index (χ3n) is 4.01. The van der Waals surface area contributed by atoms with Gasteiger partial charge in [-0.25, -0.2) is 9.37 Å². The van der Waals surface area contributed by atoms with Crippen molar-refractivity contribution in [3.63, 3.8) is 0 Å². The van der Waals surface area contributed by atoms with Crippen LogP contribution in [0, 0.1) is 5.82 Å². The van der Waals surface area contributed by atoms with E-state index in [2.05, 4.69) is 15.0 Å². The average molecular weight is 357 g/mol. The predicted molar refractivity (Wildman–Crippen MR) is 101 cm³/mol. The maximum atomic E-state index is 13.1. The Labute approximate surface area is 156 Å². The molecule has 0 aliphatic carbocycles. The molecule has 27 heavy (non-hydrogen) atoms. The molecule has 0 bridgehead atoms. The SMILES string of the molecule is Fc1ccc(COc2cc(-c3ccccc3)nc(-c3ccncc3)n2)cc1. The van der Waals surface area contributed by atoms with Gasteiger partial charge in [0.2, 0.25) is 5.88 Å². The average Bonchev–Trinajstić information content (AvgIpc) is 2.74. The Kier molecular flexibility index (Phi) is 4.83. The van der Waals surface area contributed by atoms with E-state index in [4.69, 9.17) is 4.74 Å². The van der Waals surface area contributed by atoms with Crippen LogP contribution in [-0.2, 0) is 6.61 Å². The van der Waals surface area contributed by atoms with Crippen molar-refractivity contribution in [3.8, 4) is 28.5 Å². The summed E-state index contributed by atoms with van der Waals surface area (Å²) in [6.07, 6.45) is 3.40. The molecule has 0 amide bonds. The van der Waals surface area contributed by atoms with Gasteiger partial charge in [-0.1, -0.05) is 42.5 Å². The smallest absolute Gasteiger partial charge is 0.217 e. The highest BCUT2D eigenvalue weighted by molar-refractivity contribution is 5.64. The summed E-state index contributed by atoms with van der Waals surface area (Å²) in [6.45, 7) is 0.293. The van der Waals surface area contributed by atoms with E-state index < -0.39 is 0 Å². The molecule has 0 unspecified atom stereocenters. The molecule has 0 saturated carbocycles. The molecular weight excluding hydrogens is 341 g/mol. The number of halogens is 1. The second kappa shape index (κ2) is 7.74. The fourth-order valence-corrected chi connectivity index (χ4v) is 2.62. The maximum Gasteiger partial charge on any atom is 0.217 e. The first-order chi connectivity index (χ1) is 13.3. The van der Waals surface area contributed by atoms with Crippen LogP contribution >= 0.6 is 0 Å². The lowest BCUT2D eigenvalue weighted by Crippen LogP contribution is -2.01. The van der Waals surface area contributed by atoms with Crippen LogP contribution in [-0.4, -0.2) is 15.0 Å². The number of pyridine rings is 1. The molecule has 4 aromatic rings. The van der Waals surface area contributed by atoms with Crippen molar-refractivity contribution in [1.29, 1.82) is 0 Å². The largest absolute Gasteiger partial charge is 0.473 e. The van der Waals surface area contributed by atoms with Crippen LogP contribution in [0.3, 0.4) is 0 Å². The van der Waals surface area contributed by atoms with Crippen LogP contribution in [0.15, 0.2) is 85.2 Å². The molecule has 5 heteroatoms. The summed E-state index contributed by atoms with van der Waals surface area (Å²) in [5, 5.41) is 0. The second-order valence-electron chi connectivity index (χ2n) is 5.93. The highest BCUT2D eigenvalue weighted by Gasteiger charge is 2.10. The second-order valence-corrected chi connectivity index (χ2v) is 5.93. The van der Waals surface area contributed by atoms with Gasteiger partial charge in [0.05, 0.1) is 5.69 Å². The van der Waals surface area contributed by atoms with E-state index in [1.54, 1.807) is 24.5 Å². The molecule has 0 atom stereocenters. The Morgan fingerprint density at radius 1 is 0.778 bits per heavy atom. The molecule has 0 N–H and O–H groups in total. The van der Waals surface area contributed by atoms with Crippen molar-refractivity contribution in [2.45, 2.75) is 6.61 Å². The van der Waals surface area contributed by atoms with Crippen LogP contribution in [0.2, 0.25) is 0 Å². The number of hydrogen-bond donors (Lipinski definition) is 0. The van der Waals surface area contributed by atoms with Gasteiger partial charge in [-0.05, 0) is 29.8 Å². The van der Waals surface area contributed by atoms with E-state index in [-0.39, 0.29) is 5.82 Å². The van der Waals surface area contributed by atoms with Gasteiger partial charge in [0.25, 0.3) is 0 Å². The van der Waals surface area contributed by atoms with E-state index in [0.717, 1.165) is 22.4 Å². The van der Waals surface area contributed by atoms with Crippen molar-refractivity contribution in [2.24, 2.45) is 0 Å². The van der Waals surface area contributed by atoms with Gasteiger partial charge in [-0.2, -0.15) is 4.98 Å². The van der Waals surface area contributed by atoms with Gasteiger partial charge in [0, 0.05) is 29.6 Å². The molecule has 132 valence electrons. The minimum atomic E-state index is -0.271. The fraction of sp³-hybridized carbons (Fsp3) is 0.0455. The van der Waals surface area contributed by atoms with Gasteiger partial charge in [-0.3, -0.25) is 4.98 Å². The van der Waals surface area contributed by atoms with Crippen LogP contribution < -0.4 is 4.74 Å². The topological polar surface area (TPSA) is 47.9 Å². The number of benzene rings is 2. The molecule has 0 aliphatic rings. The highest BCUT2D eigenvalue weighted by Crippen LogP contribution is 2.25. The van der Waals surface area contributed by atoms with Crippen LogP contribution in [0.5, 0.6) is 5.88 Å². The Hall–Kier alpha value is -3.60. The zero-order chi connectivity index (χ0) is 18.5. The van der Waals surface area contributed by atoms with Gasteiger partial charge in [0.1, 0.15) is 12.4 Å². The Balaban J connectivity index is 1.68. The first-order valence-corrected chi connectivity index (χ1v) is 8.50. The van der Waals surface area contributed by atoms with Gasteiger partial charge in [-0.15, -0.1) is 0 Å². The van der Waals surface area contributed by atoms with E-state index in [0.29, 0.717) is 18.3 Å². The van der Waals surface area contributed by atoms with Gasteiger partial charge >= 0.3 is 0 Å². The van der Waals surface area contributed by atoms with Crippen molar-refractivity contribution < 1.29 is 9.13 Å². The summed E-state index contributed by atoms with van der Waals surface area (Å²) in [7, 11) is 0. The lowest BCUT2D eigenvalue weighted by molar-refractivity contribution is 0.294. The normalized spacial score (nSPS) is 10.6. The summed E-state index contributed by atoms with van der Waals surface area (Å²) in [6, 6.07) is 21.6. The Morgan fingerprint density at radius 2 is 1.52 bits per heavy atom. The summed E-state index contributed by atoms with van der Waals surface area (Å²) >= 11 is 0. The molecule has 2 aromatic heterocycles. The standard InChI is InChI=1S/C22H16FN3O/c23-19-8-6-16(7-9-19)15-27-21-14-20(17-4-2-1-3-5-17)25-22(26-21)18-10-12-24-13-11-18/h1-14H,15H2. The van der Waals surface area contributed by atoms with E-state index >= 15 is 0 Å². The lowest BCUT2D eigenvalue weighted by atomic mass is 10.1. The molecule has 0 spiro atoms. The van der Waals surface area contributed by atoms with Gasteiger partial charge < -0.3 is 4.74 Å². The molecule has 0 fully saturated rings. The Bertz CT molecular complexity index is 965. The number of rotatable bonds is 5. The Morgan fingerprint density at radius 3 is 2.26 bits per heavy atom. The molecule has 2 aromatic carbocycles. The van der Waals surface area contributed by atoms with Crippen LogP contribution in [0.25, 0.3) is 22.6 Å². The first-order valence-electron chi connectivity index (χ1n) is 8.50. The molecular formula is C22H16FN3O. The first kappa shape index (κ1) is 16.8. The zero-order valence-corrected chi connectivity index (χ0v) is 14.4. The monoisotopic (exact) mass is 357 g/mol. The van der Waals surface area contributed by atoms with Crippen molar-refractivity contribution in [3.05, 3.63) is 96.6 Å². The quantitative estimate of drug-likeness (QED) is 0.508. The number of nitrogens with zero attached hydrogens (tertiary/aromatic N) is 3. The van der Waals surface area contributed by atoms with Gasteiger partial charge in [0.15, 0.2) is 5.82 Å². The zero-order valence-electron chi connectivity index (χ0n) is 14.4. The lowest BCUT2D eigenvalue weighted by Gasteiger charge is -2.10. The summed E-state index contributed by atoms with van der Waals surface area (Å²) in [5.41, 5.74) is 3.46. The number of hydrogen-bond acceptors (Lipinski definition) is 4. The highest BCUT2D eigenvalue weighted by atomic mass is 19.1. The van der Waals surface area contributed by atoms with E-state index in [1.165, 1.54) is 12.1 Å². The molecule has 4 nitrogen and oxygen atoms in total. The van der Waals surface area contributed by atoms with Crippen LogP contribution in [0.1, 0.15) is 5.56 Å². The third kappa shape index (κ3) is 4.15. The summed E-state index contributed by atoms with van der Waals surface area (Å²) in [5.74, 6) is 0.750. The molecule has 2 heterocycles. The molecule has 0 aliphatic heterocycles. The van der Waals surface area contributed by atoms with Crippen LogP contribution in [0.4, 0.5) is 4.39 Å². The summed E-state index contributed by atoms with van der Waals surface area (Å²) in [4.78, 5) is 13.2.